The average Bonchev–Trinajstić information content (AvgIpc) is 2.57. The molecule has 0 fully saturated rings. The number of nitrogens with one attached hydrogen (secondary N) is 1. The number of fused-ring (bicyclic) bond motifs is 1. The second-order valence-electron chi connectivity index (χ2n) is 4.90. The summed E-state index contributed by atoms with van der Waals surface area (Å²) in [5, 5.41) is 3.16. The molecule has 2 aromatic carbocycles. The van der Waals surface area contributed by atoms with Crippen molar-refractivity contribution in [1.29, 1.82) is 0 Å². The second-order valence-corrected chi connectivity index (χ2v) is 4.90. The van der Waals surface area contributed by atoms with Gasteiger partial charge in [0.1, 0.15) is 0 Å². The molecule has 0 radical (unpaired) electrons. The highest BCUT2D eigenvalue weighted by molar-refractivity contribution is 5.94. The highest BCUT2D eigenvalue weighted by Gasteiger charge is 2.20. The number of hydrogen-bond donors (Lipinski definition) is 2. The number of anilines is 1. The van der Waals surface area contributed by atoms with E-state index in [1.165, 1.54) is 16.7 Å². The molecule has 1 unspecified atom stereocenters. The summed E-state index contributed by atoms with van der Waals surface area (Å²) in [7, 11) is 0. The van der Waals surface area contributed by atoms with Gasteiger partial charge in [-0.2, -0.15) is 0 Å². The summed E-state index contributed by atoms with van der Waals surface area (Å²) < 4.78 is 0. The van der Waals surface area contributed by atoms with Gasteiger partial charge in [-0.1, -0.05) is 48.0 Å². The SMILES string of the molecule is Cc1cccc(C2CN=C(N)Nc3ccccc32)c1. The summed E-state index contributed by atoms with van der Waals surface area (Å²) in [6.45, 7) is 2.79. The van der Waals surface area contributed by atoms with Crippen LogP contribution in [0.1, 0.15) is 22.6 Å². The zero-order chi connectivity index (χ0) is 13.2. The fraction of sp³-hybridized carbons (Fsp3) is 0.188. The van der Waals surface area contributed by atoms with E-state index in [1.807, 2.05) is 12.1 Å². The van der Waals surface area contributed by atoms with Gasteiger partial charge in [-0.25, -0.2) is 0 Å². The Morgan fingerprint density at radius 3 is 2.84 bits per heavy atom. The lowest BCUT2D eigenvalue weighted by Crippen LogP contribution is -2.21. The van der Waals surface area contributed by atoms with Crippen molar-refractivity contribution in [2.75, 3.05) is 11.9 Å². The molecule has 0 bridgehead atoms. The Kier molecular flexibility index (Phi) is 2.95. The molecule has 96 valence electrons. The first kappa shape index (κ1) is 11.8. The smallest absolute Gasteiger partial charge is 0.193 e. The lowest BCUT2D eigenvalue weighted by atomic mass is 9.89. The Morgan fingerprint density at radius 2 is 2.00 bits per heavy atom. The molecule has 0 amide bonds. The predicted octanol–water partition coefficient (Wildman–Crippen LogP) is 2.87. The largest absolute Gasteiger partial charge is 0.370 e. The molecule has 19 heavy (non-hydrogen) atoms. The van der Waals surface area contributed by atoms with Gasteiger partial charge < -0.3 is 11.1 Å². The highest BCUT2D eigenvalue weighted by atomic mass is 15.1. The van der Waals surface area contributed by atoms with Crippen LogP contribution in [-0.2, 0) is 0 Å². The van der Waals surface area contributed by atoms with E-state index in [1.54, 1.807) is 0 Å². The zero-order valence-electron chi connectivity index (χ0n) is 10.9. The number of aliphatic imine (C=N–C) groups is 1. The van der Waals surface area contributed by atoms with Crippen molar-refractivity contribution < 1.29 is 0 Å². The molecule has 1 heterocycles. The van der Waals surface area contributed by atoms with Crippen molar-refractivity contribution in [3.63, 3.8) is 0 Å². The monoisotopic (exact) mass is 251 g/mol. The number of rotatable bonds is 1. The topological polar surface area (TPSA) is 50.4 Å². The highest BCUT2D eigenvalue weighted by Crippen LogP contribution is 2.32. The molecule has 2 aromatic rings. The number of aryl methyl sites for hydroxylation is 1. The minimum Gasteiger partial charge on any atom is -0.370 e. The van der Waals surface area contributed by atoms with Crippen LogP contribution in [-0.4, -0.2) is 12.5 Å². The standard InChI is InChI=1S/C16H17N3/c1-11-5-4-6-12(9-11)14-10-18-16(17)19-15-8-3-2-7-13(14)15/h2-9,14H,10H2,1H3,(H3,17,18,19). The fourth-order valence-corrected chi connectivity index (χ4v) is 2.55. The first-order valence-electron chi connectivity index (χ1n) is 6.46. The van der Waals surface area contributed by atoms with E-state index in [4.69, 9.17) is 5.73 Å². The molecule has 0 spiro atoms. The first-order chi connectivity index (χ1) is 9.24. The van der Waals surface area contributed by atoms with Crippen molar-refractivity contribution in [3.05, 3.63) is 65.2 Å². The molecule has 0 saturated carbocycles. The molecular weight excluding hydrogens is 234 g/mol. The van der Waals surface area contributed by atoms with Crippen LogP contribution in [0.5, 0.6) is 0 Å². The van der Waals surface area contributed by atoms with Gasteiger partial charge in [-0.05, 0) is 24.1 Å². The quantitative estimate of drug-likeness (QED) is 0.818. The Balaban J connectivity index is 2.11. The number of nitrogens with two attached hydrogens (primary N) is 1. The van der Waals surface area contributed by atoms with Gasteiger partial charge in [0.05, 0.1) is 6.54 Å². The van der Waals surface area contributed by atoms with Gasteiger partial charge in [-0.3, -0.25) is 4.99 Å². The van der Waals surface area contributed by atoms with Crippen LogP contribution in [0, 0.1) is 6.92 Å². The number of hydrogen-bond acceptors (Lipinski definition) is 3. The first-order valence-corrected chi connectivity index (χ1v) is 6.46. The third-order valence-electron chi connectivity index (χ3n) is 3.49. The summed E-state index contributed by atoms with van der Waals surface area (Å²) in [4.78, 5) is 4.41. The minimum absolute atomic E-state index is 0.254. The molecular formula is C16H17N3. The summed E-state index contributed by atoms with van der Waals surface area (Å²) >= 11 is 0. The van der Waals surface area contributed by atoms with Crippen LogP contribution >= 0.6 is 0 Å². The molecule has 3 nitrogen and oxygen atoms in total. The molecule has 3 N–H and O–H groups in total. The maximum Gasteiger partial charge on any atom is 0.193 e. The second kappa shape index (κ2) is 4.76. The number of benzene rings is 2. The fourth-order valence-electron chi connectivity index (χ4n) is 2.55. The van der Waals surface area contributed by atoms with Gasteiger partial charge in [-0.15, -0.1) is 0 Å². The van der Waals surface area contributed by atoms with Gasteiger partial charge in [0.15, 0.2) is 5.96 Å². The summed E-state index contributed by atoms with van der Waals surface area (Å²) in [6, 6.07) is 16.8. The van der Waals surface area contributed by atoms with Crippen LogP contribution < -0.4 is 11.1 Å². The normalized spacial score (nSPS) is 17.9. The molecule has 3 heteroatoms. The van der Waals surface area contributed by atoms with E-state index in [0.29, 0.717) is 12.5 Å². The van der Waals surface area contributed by atoms with E-state index in [2.05, 4.69) is 53.6 Å². The average molecular weight is 251 g/mol. The van der Waals surface area contributed by atoms with Gasteiger partial charge in [0.2, 0.25) is 0 Å². The van der Waals surface area contributed by atoms with Crippen molar-refractivity contribution in [2.45, 2.75) is 12.8 Å². The molecule has 3 rings (SSSR count). The molecule has 1 aliphatic heterocycles. The van der Waals surface area contributed by atoms with Crippen LogP contribution in [0.2, 0.25) is 0 Å². The maximum absolute atomic E-state index is 5.86. The van der Waals surface area contributed by atoms with E-state index in [-0.39, 0.29) is 5.92 Å². The molecule has 0 aromatic heterocycles. The van der Waals surface area contributed by atoms with Crippen LogP contribution in [0.3, 0.4) is 0 Å². The number of guanidine groups is 1. The molecule has 0 aliphatic carbocycles. The van der Waals surface area contributed by atoms with Crippen LogP contribution in [0.4, 0.5) is 5.69 Å². The number of nitrogens with zero attached hydrogens (tertiary/aromatic N) is 1. The maximum atomic E-state index is 5.86. The Hall–Kier alpha value is -2.29. The van der Waals surface area contributed by atoms with E-state index in [0.717, 1.165) is 5.69 Å². The Bertz CT molecular complexity index is 631. The lowest BCUT2D eigenvalue weighted by Gasteiger charge is -2.17. The Morgan fingerprint density at radius 1 is 1.16 bits per heavy atom. The van der Waals surface area contributed by atoms with Crippen LogP contribution in [0.15, 0.2) is 53.5 Å². The zero-order valence-corrected chi connectivity index (χ0v) is 10.9. The summed E-state index contributed by atoms with van der Waals surface area (Å²) in [6.07, 6.45) is 0. The minimum atomic E-state index is 0.254. The van der Waals surface area contributed by atoms with Crippen molar-refractivity contribution >= 4 is 11.6 Å². The van der Waals surface area contributed by atoms with E-state index >= 15 is 0 Å². The van der Waals surface area contributed by atoms with E-state index in [9.17, 15) is 0 Å². The van der Waals surface area contributed by atoms with Gasteiger partial charge in [0.25, 0.3) is 0 Å². The predicted molar refractivity (Wildman–Crippen MR) is 79.6 cm³/mol. The van der Waals surface area contributed by atoms with Crippen LogP contribution in [0.25, 0.3) is 0 Å². The third kappa shape index (κ3) is 2.32. The third-order valence-corrected chi connectivity index (χ3v) is 3.49. The summed E-state index contributed by atoms with van der Waals surface area (Å²) in [5.41, 5.74) is 10.7. The van der Waals surface area contributed by atoms with Crippen molar-refractivity contribution in [2.24, 2.45) is 10.7 Å². The molecule has 1 atom stereocenters. The molecule has 1 aliphatic rings. The van der Waals surface area contributed by atoms with Gasteiger partial charge >= 0.3 is 0 Å². The van der Waals surface area contributed by atoms with Gasteiger partial charge in [0, 0.05) is 11.6 Å². The molecule has 0 saturated heterocycles. The van der Waals surface area contributed by atoms with Crippen molar-refractivity contribution in [1.82, 2.24) is 0 Å². The Labute approximate surface area is 113 Å². The summed E-state index contributed by atoms with van der Waals surface area (Å²) in [5.74, 6) is 0.743. The van der Waals surface area contributed by atoms with E-state index < -0.39 is 0 Å². The lowest BCUT2D eigenvalue weighted by molar-refractivity contribution is 0.827. The van der Waals surface area contributed by atoms with Crippen molar-refractivity contribution in [3.8, 4) is 0 Å². The number of para-hydroxylation sites is 1.